The molecule has 16 nitrogen and oxygen atoms in total. The van der Waals surface area contributed by atoms with Gasteiger partial charge in [0.1, 0.15) is 12.1 Å². The van der Waals surface area contributed by atoms with Gasteiger partial charge in [-0.25, -0.2) is 19.3 Å². The molecule has 71 heavy (non-hydrogen) atoms. The van der Waals surface area contributed by atoms with E-state index in [-0.39, 0.29) is 64.9 Å². The Kier molecular flexibility index (Phi) is 10.7. The molecule has 2 aromatic heterocycles. The van der Waals surface area contributed by atoms with Crippen molar-refractivity contribution in [2.75, 3.05) is 59.9 Å². The zero-order valence-electron chi connectivity index (χ0n) is 41.4. The third-order valence-electron chi connectivity index (χ3n) is 16.2. The molecule has 16 heteroatoms. The van der Waals surface area contributed by atoms with Crippen LogP contribution in [-0.2, 0) is 9.59 Å². The lowest BCUT2D eigenvalue weighted by molar-refractivity contribution is -0.120. The van der Waals surface area contributed by atoms with E-state index in [9.17, 15) is 19.2 Å². The summed E-state index contributed by atoms with van der Waals surface area (Å²) in [5, 5.41) is 9.74. The summed E-state index contributed by atoms with van der Waals surface area (Å²) in [6.45, 7) is 9.93. The Hall–Kier alpha value is -7.36. The predicted octanol–water partition coefficient (Wildman–Crippen LogP) is 7.62. The number of fused-ring (bicyclic) bond motifs is 2. The van der Waals surface area contributed by atoms with Crippen molar-refractivity contribution in [3.05, 3.63) is 108 Å². The van der Waals surface area contributed by atoms with Crippen LogP contribution >= 0.6 is 0 Å². The standard InChI is InChI=1S/C55H60N12O4/c1-33-15-21-41(22-16-33)66-49(37-19-25-43-45(27-37)64(39-11-7-8-12-39)35(3)51(68)60(43)5)56-47(58-66)53(70)62-29-55(30-62)31-63(32-55)54(71)48-57-50(67(59-48)42-23-17-34(2)18-24-42)38-20-26-44-46(28-38)65(40-13-9-10-14-40)36(4)52(69)61(44)6/h15-28,35-36,39-40H,7-14,29-32H2,1-6H3/t35-,36-/m1/s1. The van der Waals surface area contributed by atoms with Gasteiger partial charge in [0.25, 0.3) is 11.8 Å². The topological polar surface area (TPSA) is 149 Å². The van der Waals surface area contributed by atoms with E-state index in [1.54, 1.807) is 29.0 Å². The van der Waals surface area contributed by atoms with Gasteiger partial charge in [-0.15, -0.1) is 10.2 Å². The predicted molar refractivity (Wildman–Crippen MR) is 273 cm³/mol. The van der Waals surface area contributed by atoms with Crippen LogP contribution in [0.25, 0.3) is 34.2 Å². The van der Waals surface area contributed by atoms with Crippen LogP contribution in [0, 0.1) is 19.3 Å². The second-order valence-electron chi connectivity index (χ2n) is 21.1. The van der Waals surface area contributed by atoms with E-state index in [0.29, 0.717) is 37.8 Å². The fourth-order valence-corrected chi connectivity index (χ4v) is 12.4. The van der Waals surface area contributed by atoms with Gasteiger partial charge in [0.2, 0.25) is 23.5 Å². The lowest BCUT2D eigenvalue weighted by Crippen LogP contribution is -2.73. The van der Waals surface area contributed by atoms with Crippen LogP contribution in [0.2, 0.25) is 0 Å². The molecule has 364 valence electrons. The van der Waals surface area contributed by atoms with Gasteiger partial charge in [0.05, 0.1) is 34.1 Å². The lowest BCUT2D eigenvalue weighted by atomic mass is 9.72. The molecular formula is C55H60N12O4. The number of likely N-dealkylation sites (tertiary alicyclic amines) is 2. The van der Waals surface area contributed by atoms with E-state index in [1.165, 1.54) is 0 Å². The van der Waals surface area contributed by atoms with Gasteiger partial charge in [0, 0.05) is 68.9 Å². The van der Waals surface area contributed by atoms with Crippen molar-refractivity contribution in [1.29, 1.82) is 0 Å². The molecule has 4 amide bonds. The quantitative estimate of drug-likeness (QED) is 0.149. The van der Waals surface area contributed by atoms with Crippen molar-refractivity contribution in [2.24, 2.45) is 5.41 Å². The highest BCUT2D eigenvalue weighted by Crippen LogP contribution is 2.45. The van der Waals surface area contributed by atoms with Gasteiger partial charge < -0.3 is 29.4 Å². The molecule has 0 unspecified atom stereocenters. The van der Waals surface area contributed by atoms with Gasteiger partial charge in [-0.1, -0.05) is 61.1 Å². The molecule has 2 saturated carbocycles. The summed E-state index contributed by atoms with van der Waals surface area (Å²) >= 11 is 0. The van der Waals surface area contributed by atoms with E-state index in [2.05, 4.69) is 21.9 Å². The second-order valence-corrected chi connectivity index (χ2v) is 21.1. The molecule has 4 fully saturated rings. The van der Waals surface area contributed by atoms with Crippen molar-refractivity contribution >= 4 is 46.4 Å². The Morgan fingerprint density at radius 2 is 0.887 bits per heavy atom. The first-order valence-corrected chi connectivity index (χ1v) is 25.3. The van der Waals surface area contributed by atoms with E-state index >= 15 is 0 Å². The largest absolute Gasteiger partial charge is 0.355 e. The summed E-state index contributed by atoms with van der Waals surface area (Å²) in [5.74, 6) is 0.934. The van der Waals surface area contributed by atoms with Gasteiger partial charge in [-0.3, -0.25) is 19.2 Å². The molecule has 2 saturated heterocycles. The van der Waals surface area contributed by atoms with Crippen LogP contribution in [0.4, 0.5) is 22.7 Å². The van der Waals surface area contributed by atoms with Crippen LogP contribution < -0.4 is 19.6 Å². The van der Waals surface area contributed by atoms with E-state index in [1.807, 2.05) is 115 Å². The minimum absolute atomic E-state index is 0.0784. The maximum Gasteiger partial charge on any atom is 0.293 e. The number of hydrogen-bond acceptors (Lipinski definition) is 10. The minimum Gasteiger partial charge on any atom is -0.355 e. The molecular weight excluding hydrogens is 893 g/mol. The molecule has 0 bridgehead atoms. The zero-order valence-corrected chi connectivity index (χ0v) is 41.4. The first kappa shape index (κ1) is 44.8. The van der Waals surface area contributed by atoms with Gasteiger partial charge in [-0.2, -0.15) is 0 Å². The molecule has 4 aliphatic heterocycles. The maximum atomic E-state index is 14.3. The number of carbonyl (C=O) groups is 4. The molecule has 0 radical (unpaired) electrons. The summed E-state index contributed by atoms with van der Waals surface area (Å²) in [6.07, 6.45) is 8.74. The number of nitrogens with zero attached hydrogens (tertiary/aromatic N) is 12. The van der Waals surface area contributed by atoms with Crippen molar-refractivity contribution in [1.82, 2.24) is 39.3 Å². The van der Waals surface area contributed by atoms with Crippen molar-refractivity contribution in [3.8, 4) is 34.2 Å². The number of hydrogen-bond donors (Lipinski definition) is 0. The number of aromatic nitrogens is 6. The first-order chi connectivity index (χ1) is 34.3. The van der Waals surface area contributed by atoms with E-state index in [0.717, 1.165) is 108 Å². The minimum atomic E-state index is -0.298. The van der Waals surface area contributed by atoms with Crippen LogP contribution in [0.3, 0.4) is 0 Å². The molecule has 6 aliphatic rings. The third-order valence-corrected chi connectivity index (χ3v) is 16.2. The molecule has 2 aliphatic carbocycles. The molecule has 1 spiro atoms. The Bertz CT molecular complexity index is 2910. The Balaban J connectivity index is 0.795. The fourth-order valence-electron chi connectivity index (χ4n) is 12.4. The molecule has 2 atom stereocenters. The average molecular weight is 953 g/mol. The fraction of sp³-hybridized carbons (Fsp3) is 0.418. The third kappa shape index (κ3) is 7.38. The van der Waals surface area contributed by atoms with Gasteiger partial charge in [0.15, 0.2) is 11.6 Å². The van der Waals surface area contributed by atoms with Crippen LogP contribution in [-0.4, -0.2) is 127 Å². The molecule has 6 aromatic rings. The summed E-state index contributed by atoms with van der Waals surface area (Å²) in [7, 11) is 3.68. The molecule has 4 aromatic carbocycles. The highest BCUT2D eigenvalue weighted by Gasteiger charge is 2.55. The van der Waals surface area contributed by atoms with Crippen molar-refractivity contribution in [2.45, 2.75) is 103 Å². The number of rotatable bonds is 8. The number of anilines is 4. The van der Waals surface area contributed by atoms with Gasteiger partial charge >= 0.3 is 0 Å². The number of carbonyl (C=O) groups excluding carboxylic acids is 4. The highest BCUT2D eigenvalue weighted by atomic mass is 16.2. The van der Waals surface area contributed by atoms with Crippen LogP contribution in [0.5, 0.6) is 0 Å². The molecule has 6 heterocycles. The first-order valence-electron chi connectivity index (χ1n) is 25.3. The lowest BCUT2D eigenvalue weighted by Gasteiger charge is -2.59. The van der Waals surface area contributed by atoms with E-state index < -0.39 is 0 Å². The monoisotopic (exact) mass is 952 g/mol. The summed E-state index contributed by atoms with van der Waals surface area (Å²) in [5.41, 5.74) is 8.84. The highest BCUT2D eigenvalue weighted by molar-refractivity contribution is 6.07. The number of benzene rings is 4. The molecule has 12 rings (SSSR count). The average Bonchev–Trinajstić information content (AvgIpc) is 4.21. The smallest absolute Gasteiger partial charge is 0.293 e. The number of aryl methyl sites for hydroxylation is 2. The normalized spacial score (nSPS) is 21.0. The second kappa shape index (κ2) is 16.9. The Morgan fingerprint density at radius 1 is 0.521 bits per heavy atom. The van der Waals surface area contributed by atoms with Crippen molar-refractivity contribution in [3.63, 3.8) is 0 Å². The van der Waals surface area contributed by atoms with Crippen molar-refractivity contribution < 1.29 is 19.2 Å². The number of amides is 4. The van der Waals surface area contributed by atoms with Gasteiger partial charge in [-0.05, 0) is 114 Å². The van der Waals surface area contributed by atoms with E-state index in [4.69, 9.17) is 20.2 Å². The molecule has 0 N–H and O–H groups in total. The summed E-state index contributed by atoms with van der Waals surface area (Å²) in [6, 6.07) is 28.1. The Morgan fingerprint density at radius 3 is 1.25 bits per heavy atom. The SMILES string of the molecule is Cc1ccc(-n2nc(C(=O)N3CC4(C3)CN(C(=O)c3nc(-c5ccc6c(c5)N(C5CCCC5)[C@H](C)C(=O)N6C)n(-c5ccc(C)cc5)n3)C4)nc2-c2ccc3c(c2)N(C2CCCC2)[C@H](C)C(=O)N3C)cc1. The zero-order chi connectivity index (χ0) is 49.0. The number of likely N-dealkylation sites (N-methyl/N-ethyl adjacent to an activating group) is 2. The van der Waals surface area contributed by atoms with Crippen LogP contribution in [0.15, 0.2) is 84.9 Å². The summed E-state index contributed by atoms with van der Waals surface area (Å²) in [4.78, 5) is 77.1. The Labute approximate surface area is 413 Å². The maximum absolute atomic E-state index is 14.3. The van der Waals surface area contributed by atoms with Crippen LogP contribution in [0.1, 0.15) is 97.6 Å². The summed E-state index contributed by atoms with van der Waals surface area (Å²) < 4.78 is 3.50.